The van der Waals surface area contributed by atoms with E-state index in [0.29, 0.717) is 17.0 Å². The first-order valence-electron chi connectivity index (χ1n) is 7.21. The number of carboxylic acids is 1. The Kier molecular flexibility index (Phi) is 4.49. The van der Waals surface area contributed by atoms with Crippen LogP contribution in [0.5, 0.6) is 0 Å². The molecule has 0 spiro atoms. The predicted octanol–water partition coefficient (Wildman–Crippen LogP) is 1.52. The maximum absolute atomic E-state index is 12.1. The van der Waals surface area contributed by atoms with Crippen LogP contribution in [0.4, 0.5) is 0 Å². The van der Waals surface area contributed by atoms with Crippen molar-refractivity contribution in [1.82, 2.24) is 10.3 Å². The summed E-state index contributed by atoms with van der Waals surface area (Å²) >= 11 is 0. The molecule has 6 nitrogen and oxygen atoms in total. The normalized spacial score (nSPS) is 24.0. The molecule has 0 aromatic carbocycles. The third kappa shape index (κ3) is 2.68. The molecule has 2 unspecified atom stereocenters. The highest BCUT2D eigenvalue weighted by Gasteiger charge is 2.52. The van der Waals surface area contributed by atoms with Crippen LogP contribution in [0, 0.1) is 5.92 Å². The molecule has 2 N–H and O–H groups in total. The van der Waals surface area contributed by atoms with E-state index in [2.05, 4.69) is 10.3 Å². The molecule has 1 aliphatic rings. The standard InChI is InChI=1S/C16H20N2O4/c1-4-22-14(19)13-10(2)16(15(20)21,18-11(13)3)9-12-7-5-6-8-17-12/h5-8,10,18H,4,9H2,1-3H3,(H,20,21). The predicted molar refractivity (Wildman–Crippen MR) is 79.9 cm³/mol. The SMILES string of the molecule is CCOC(=O)C1=C(C)NC(Cc2ccccn2)(C(=O)O)C1C. The Labute approximate surface area is 129 Å². The zero-order valence-electron chi connectivity index (χ0n) is 12.9. The molecule has 22 heavy (non-hydrogen) atoms. The lowest BCUT2D eigenvalue weighted by Gasteiger charge is -2.30. The van der Waals surface area contributed by atoms with Crippen molar-refractivity contribution >= 4 is 11.9 Å². The zero-order chi connectivity index (χ0) is 16.3. The number of carbonyl (C=O) groups is 2. The number of rotatable bonds is 5. The molecule has 2 heterocycles. The van der Waals surface area contributed by atoms with Crippen molar-refractivity contribution in [1.29, 1.82) is 0 Å². The largest absolute Gasteiger partial charge is 0.479 e. The summed E-state index contributed by atoms with van der Waals surface area (Å²) in [5.41, 5.74) is 0.298. The Hall–Kier alpha value is -2.37. The minimum absolute atomic E-state index is 0.185. The number of ether oxygens (including phenoxy) is 1. The second-order valence-corrected chi connectivity index (χ2v) is 5.38. The van der Waals surface area contributed by atoms with Gasteiger partial charge in [-0.2, -0.15) is 0 Å². The van der Waals surface area contributed by atoms with E-state index in [9.17, 15) is 14.7 Å². The van der Waals surface area contributed by atoms with Gasteiger partial charge in [-0.25, -0.2) is 9.59 Å². The Morgan fingerprint density at radius 1 is 1.45 bits per heavy atom. The second kappa shape index (κ2) is 6.17. The number of hydrogen-bond acceptors (Lipinski definition) is 5. The van der Waals surface area contributed by atoms with Gasteiger partial charge >= 0.3 is 11.9 Å². The summed E-state index contributed by atoms with van der Waals surface area (Å²) in [6, 6.07) is 5.36. The van der Waals surface area contributed by atoms with Crippen LogP contribution < -0.4 is 5.32 Å². The summed E-state index contributed by atoms with van der Waals surface area (Å²) in [7, 11) is 0. The van der Waals surface area contributed by atoms with Gasteiger partial charge in [0, 0.05) is 29.9 Å². The molecule has 1 aromatic heterocycles. The first-order chi connectivity index (χ1) is 10.4. The van der Waals surface area contributed by atoms with Gasteiger partial charge < -0.3 is 15.2 Å². The first kappa shape index (κ1) is 16.0. The Morgan fingerprint density at radius 3 is 2.73 bits per heavy atom. The Bertz CT molecular complexity index is 612. The van der Waals surface area contributed by atoms with Crippen molar-refractivity contribution < 1.29 is 19.4 Å². The highest BCUT2D eigenvalue weighted by atomic mass is 16.5. The van der Waals surface area contributed by atoms with Crippen molar-refractivity contribution in [3.05, 3.63) is 41.4 Å². The van der Waals surface area contributed by atoms with Crippen LogP contribution in [-0.4, -0.2) is 34.2 Å². The number of carboxylic acid groups (broad SMARTS) is 1. The van der Waals surface area contributed by atoms with Gasteiger partial charge in [0.15, 0.2) is 0 Å². The number of pyridine rings is 1. The van der Waals surface area contributed by atoms with Crippen molar-refractivity contribution in [3.63, 3.8) is 0 Å². The van der Waals surface area contributed by atoms with E-state index in [0.717, 1.165) is 0 Å². The fourth-order valence-electron chi connectivity index (χ4n) is 2.92. The van der Waals surface area contributed by atoms with Crippen LogP contribution in [0.2, 0.25) is 0 Å². The van der Waals surface area contributed by atoms with Gasteiger partial charge in [0.1, 0.15) is 5.54 Å². The molecule has 0 saturated carbocycles. The van der Waals surface area contributed by atoms with E-state index in [4.69, 9.17) is 4.74 Å². The molecule has 0 fully saturated rings. The number of nitrogens with zero attached hydrogens (tertiary/aromatic N) is 1. The van der Waals surface area contributed by atoms with E-state index in [1.807, 2.05) is 6.07 Å². The number of carbonyl (C=O) groups excluding carboxylic acids is 1. The van der Waals surface area contributed by atoms with Crippen LogP contribution in [0.3, 0.4) is 0 Å². The van der Waals surface area contributed by atoms with Crippen LogP contribution in [0.1, 0.15) is 26.5 Å². The highest BCUT2D eigenvalue weighted by Crippen LogP contribution is 2.37. The van der Waals surface area contributed by atoms with Crippen LogP contribution in [-0.2, 0) is 20.7 Å². The maximum Gasteiger partial charge on any atom is 0.336 e. The summed E-state index contributed by atoms with van der Waals surface area (Å²) in [5, 5.41) is 12.8. The fraction of sp³-hybridized carbons (Fsp3) is 0.438. The second-order valence-electron chi connectivity index (χ2n) is 5.38. The molecular formula is C16H20N2O4. The average Bonchev–Trinajstić information content (AvgIpc) is 2.72. The summed E-state index contributed by atoms with van der Waals surface area (Å²) in [6.45, 7) is 5.40. The molecule has 0 radical (unpaired) electrons. The van der Waals surface area contributed by atoms with Crippen LogP contribution >= 0.6 is 0 Å². The molecule has 1 aliphatic heterocycles. The quantitative estimate of drug-likeness (QED) is 0.802. The molecule has 6 heteroatoms. The fourth-order valence-corrected chi connectivity index (χ4v) is 2.92. The van der Waals surface area contributed by atoms with Crippen molar-refractivity contribution in [2.45, 2.75) is 32.7 Å². The minimum Gasteiger partial charge on any atom is -0.479 e. The highest BCUT2D eigenvalue weighted by molar-refractivity contribution is 5.94. The van der Waals surface area contributed by atoms with E-state index in [1.54, 1.807) is 39.1 Å². The van der Waals surface area contributed by atoms with Crippen LogP contribution in [0.25, 0.3) is 0 Å². The van der Waals surface area contributed by atoms with E-state index >= 15 is 0 Å². The molecule has 0 aliphatic carbocycles. The number of nitrogens with one attached hydrogen (secondary N) is 1. The van der Waals surface area contributed by atoms with Crippen molar-refractivity contribution in [2.24, 2.45) is 5.92 Å². The Balaban J connectivity index is 2.35. The van der Waals surface area contributed by atoms with E-state index < -0.39 is 23.4 Å². The molecular weight excluding hydrogens is 284 g/mol. The monoisotopic (exact) mass is 304 g/mol. The third-order valence-electron chi connectivity index (χ3n) is 4.05. The van der Waals surface area contributed by atoms with E-state index in [-0.39, 0.29) is 13.0 Å². The summed E-state index contributed by atoms with van der Waals surface area (Å²) in [4.78, 5) is 28.2. The third-order valence-corrected chi connectivity index (χ3v) is 4.05. The maximum atomic E-state index is 12.1. The smallest absolute Gasteiger partial charge is 0.336 e. The molecule has 0 bridgehead atoms. The molecule has 1 aromatic rings. The van der Waals surface area contributed by atoms with Gasteiger partial charge in [-0.05, 0) is 26.0 Å². The zero-order valence-corrected chi connectivity index (χ0v) is 12.9. The molecule has 118 valence electrons. The van der Waals surface area contributed by atoms with Gasteiger partial charge in [-0.15, -0.1) is 0 Å². The van der Waals surface area contributed by atoms with E-state index in [1.165, 1.54) is 0 Å². The number of aliphatic carboxylic acids is 1. The van der Waals surface area contributed by atoms with Gasteiger partial charge in [0.05, 0.1) is 12.2 Å². The van der Waals surface area contributed by atoms with Gasteiger partial charge in [-0.1, -0.05) is 13.0 Å². The number of allylic oxidation sites excluding steroid dienone is 1. The van der Waals surface area contributed by atoms with Crippen LogP contribution in [0.15, 0.2) is 35.7 Å². The van der Waals surface area contributed by atoms with Crippen molar-refractivity contribution in [3.8, 4) is 0 Å². The first-order valence-corrected chi connectivity index (χ1v) is 7.21. The average molecular weight is 304 g/mol. The van der Waals surface area contributed by atoms with Gasteiger partial charge in [0.2, 0.25) is 0 Å². The summed E-state index contributed by atoms with van der Waals surface area (Å²) in [6.07, 6.45) is 1.81. The summed E-state index contributed by atoms with van der Waals surface area (Å²) in [5.74, 6) is -2.00. The lowest BCUT2D eigenvalue weighted by molar-refractivity contribution is -0.146. The topological polar surface area (TPSA) is 88.5 Å². The lowest BCUT2D eigenvalue weighted by atomic mass is 9.79. The number of aromatic nitrogens is 1. The molecule has 0 saturated heterocycles. The summed E-state index contributed by atoms with van der Waals surface area (Å²) < 4.78 is 5.04. The lowest BCUT2D eigenvalue weighted by Crippen LogP contribution is -2.54. The van der Waals surface area contributed by atoms with Crippen molar-refractivity contribution in [2.75, 3.05) is 6.61 Å². The molecule has 2 atom stereocenters. The Morgan fingerprint density at radius 2 is 2.18 bits per heavy atom. The molecule has 2 rings (SSSR count). The molecule has 0 amide bonds. The number of esters is 1. The minimum atomic E-state index is -1.29. The van der Waals surface area contributed by atoms with Gasteiger partial charge in [-0.3, -0.25) is 4.98 Å². The number of hydrogen-bond donors (Lipinski definition) is 2. The van der Waals surface area contributed by atoms with Gasteiger partial charge in [0.25, 0.3) is 0 Å².